The summed E-state index contributed by atoms with van der Waals surface area (Å²) in [7, 11) is 1.59. The van der Waals surface area contributed by atoms with Crippen molar-refractivity contribution in [2.45, 2.75) is 12.8 Å². The summed E-state index contributed by atoms with van der Waals surface area (Å²) >= 11 is 0. The molecule has 1 heterocycles. The SMILES string of the molecule is COc1ccc(N2CC(C(=O)NCCCN)CC2=O)cc1.Cl. The minimum absolute atomic E-state index is 0. The number of nitrogens with one attached hydrogen (secondary N) is 1. The van der Waals surface area contributed by atoms with Gasteiger partial charge in [0.2, 0.25) is 11.8 Å². The summed E-state index contributed by atoms with van der Waals surface area (Å²) in [5.41, 5.74) is 6.18. The van der Waals surface area contributed by atoms with Gasteiger partial charge in [-0.25, -0.2) is 0 Å². The van der Waals surface area contributed by atoms with Crippen molar-refractivity contribution in [1.29, 1.82) is 0 Å². The van der Waals surface area contributed by atoms with Gasteiger partial charge in [-0.2, -0.15) is 0 Å². The molecule has 1 saturated heterocycles. The molecule has 6 nitrogen and oxygen atoms in total. The van der Waals surface area contributed by atoms with Crippen molar-refractivity contribution in [1.82, 2.24) is 5.32 Å². The standard InChI is InChI=1S/C15H21N3O3.ClH/c1-21-13-5-3-12(4-6-13)18-10-11(9-14(18)19)15(20)17-8-2-7-16;/h3-6,11H,2,7-10,16H2,1H3,(H,17,20);1H. The van der Waals surface area contributed by atoms with Gasteiger partial charge in [0.05, 0.1) is 13.0 Å². The third-order valence-corrected chi connectivity index (χ3v) is 3.56. The largest absolute Gasteiger partial charge is 0.497 e. The van der Waals surface area contributed by atoms with Crippen molar-refractivity contribution in [3.05, 3.63) is 24.3 Å². The molecule has 1 aromatic rings. The average molecular weight is 328 g/mol. The second kappa shape index (κ2) is 8.60. The Morgan fingerprint density at radius 2 is 2.09 bits per heavy atom. The van der Waals surface area contributed by atoms with E-state index in [0.717, 1.165) is 17.9 Å². The predicted molar refractivity (Wildman–Crippen MR) is 87.4 cm³/mol. The first kappa shape index (κ1) is 18.3. The monoisotopic (exact) mass is 327 g/mol. The zero-order valence-corrected chi connectivity index (χ0v) is 13.4. The molecular weight excluding hydrogens is 306 g/mol. The molecule has 0 radical (unpaired) electrons. The average Bonchev–Trinajstić information content (AvgIpc) is 2.89. The minimum atomic E-state index is -0.294. The number of anilines is 1. The van der Waals surface area contributed by atoms with Crippen molar-refractivity contribution >= 4 is 29.9 Å². The fraction of sp³-hybridized carbons (Fsp3) is 0.467. The van der Waals surface area contributed by atoms with Crippen LogP contribution in [-0.2, 0) is 9.59 Å². The molecule has 0 spiro atoms. The molecule has 1 aliphatic rings. The second-order valence-corrected chi connectivity index (χ2v) is 5.04. The number of nitrogens with zero attached hydrogens (tertiary/aromatic N) is 1. The highest BCUT2D eigenvalue weighted by atomic mass is 35.5. The number of nitrogens with two attached hydrogens (primary N) is 1. The number of rotatable bonds is 6. The van der Waals surface area contributed by atoms with E-state index in [1.807, 2.05) is 12.1 Å². The molecule has 1 aliphatic heterocycles. The minimum Gasteiger partial charge on any atom is -0.497 e. The number of ether oxygens (including phenoxy) is 1. The number of hydrogen-bond donors (Lipinski definition) is 2. The van der Waals surface area contributed by atoms with Gasteiger partial charge in [0.1, 0.15) is 5.75 Å². The Labute approximate surface area is 136 Å². The second-order valence-electron chi connectivity index (χ2n) is 5.04. The van der Waals surface area contributed by atoms with Gasteiger partial charge in [-0.15, -0.1) is 12.4 Å². The molecule has 22 heavy (non-hydrogen) atoms. The predicted octanol–water partition coefficient (Wildman–Crippen LogP) is 0.935. The van der Waals surface area contributed by atoms with Gasteiger partial charge in [0.15, 0.2) is 0 Å². The summed E-state index contributed by atoms with van der Waals surface area (Å²) in [6.07, 6.45) is 0.995. The number of halogens is 1. The van der Waals surface area contributed by atoms with Crippen molar-refractivity contribution in [3.8, 4) is 5.75 Å². The van der Waals surface area contributed by atoms with Gasteiger partial charge in [-0.1, -0.05) is 0 Å². The summed E-state index contributed by atoms with van der Waals surface area (Å²) < 4.78 is 5.10. The Kier molecular flexibility index (Phi) is 7.14. The fourth-order valence-corrected chi connectivity index (χ4v) is 2.35. The van der Waals surface area contributed by atoms with E-state index in [-0.39, 0.29) is 36.6 Å². The van der Waals surface area contributed by atoms with Crippen molar-refractivity contribution in [3.63, 3.8) is 0 Å². The van der Waals surface area contributed by atoms with E-state index in [4.69, 9.17) is 10.5 Å². The quantitative estimate of drug-likeness (QED) is 0.761. The van der Waals surface area contributed by atoms with Crippen LogP contribution >= 0.6 is 12.4 Å². The van der Waals surface area contributed by atoms with E-state index in [2.05, 4.69) is 5.32 Å². The van der Waals surface area contributed by atoms with Crippen LogP contribution in [-0.4, -0.2) is 38.6 Å². The fourth-order valence-electron chi connectivity index (χ4n) is 2.35. The van der Waals surface area contributed by atoms with Gasteiger partial charge in [0, 0.05) is 25.2 Å². The highest BCUT2D eigenvalue weighted by molar-refractivity contribution is 6.00. The molecule has 3 N–H and O–H groups in total. The number of methoxy groups -OCH3 is 1. The summed E-state index contributed by atoms with van der Waals surface area (Å²) in [6, 6.07) is 7.26. The Bertz CT molecular complexity index is 507. The summed E-state index contributed by atoms with van der Waals surface area (Å²) in [5, 5.41) is 2.82. The Morgan fingerprint density at radius 1 is 1.41 bits per heavy atom. The summed E-state index contributed by atoms with van der Waals surface area (Å²) in [4.78, 5) is 25.7. The third-order valence-electron chi connectivity index (χ3n) is 3.56. The maximum atomic E-state index is 12.1. The highest BCUT2D eigenvalue weighted by Crippen LogP contribution is 2.26. The first-order valence-electron chi connectivity index (χ1n) is 7.08. The lowest BCUT2D eigenvalue weighted by atomic mass is 10.1. The van der Waals surface area contributed by atoms with Crippen molar-refractivity contribution in [2.24, 2.45) is 11.7 Å². The lowest BCUT2D eigenvalue weighted by molar-refractivity contribution is -0.126. The number of hydrogen-bond acceptors (Lipinski definition) is 4. The Morgan fingerprint density at radius 3 is 2.68 bits per heavy atom. The molecule has 0 aliphatic carbocycles. The number of amides is 2. The van der Waals surface area contributed by atoms with E-state index >= 15 is 0 Å². The lowest BCUT2D eigenvalue weighted by Gasteiger charge is -2.17. The third kappa shape index (κ3) is 4.35. The first-order chi connectivity index (χ1) is 10.2. The van der Waals surface area contributed by atoms with Crippen LogP contribution in [0.4, 0.5) is 5.69 Å². The summed E-state index contributed by atoms with van der Waals surface area (Å²) in [6.45, 7) is 1.52. The molecule has 2 rings (SSSR count). The Hall–Kier alpha value is -1.79. The molecule has 1 unspecified atom stereocenters. The molecule has 0 saturated carbocycles. The smallest absolute Gasteiger partial charge is 0.227 e. The van der Waals surface area contributed by atoms with E-state index in [9.17, 15) is 9.59 Å². The molecule has 0 aromatic heterocycles. The maximum Gasteiger partial charge on any atom is 0.227 e. The molecule has 7 heteroatoms. The topological polar surface area (TPSA) is 84.7 Å². The highest BCUT2D eigenvalue weighted by Gasteiger charge is 2.34. The van der Waals surface area contributed by atoms with E-state index in [1.165, 1.54) is 0 Å². The van der Waals surface area contributed by atoms with Crippen LogP contribution < -0.4 is 20.7 Å². The lowest BCUT2D eigenvalue weighted by Crippen LogP contribution is -2.34. The van der Waals surface area contributed by atoms with Gasteiger partial charge >= 0.3 is 0 Å². The van der Waals surface area contributed by atoms with Gasteiger partial charge < -0.3 is 20.7 Å². The van der Waals surface area contributed by atoms with Gasteiger partial charge in [0.25, 0.3) is 0 Å². The molecule has 0 bridgehead atoms. The van der Waals surface area contributed by atoms with E-state index < -0.39 is 0 Å². The molecule has 1 fully saturated rings. The molecular formula is C15H22ClN3O3. The number of carbonyl (C=O) groups is 2. The van der Waals surface area contributed by atoms with Crippen LogP contribution in [0.5, 0.6) is 5.75 Å². The molecule has 1 atom stereocenters. The van der Waals surface area contributed by atoms with Gasteiger partial charge in [-0.3, -0.25) is 9.59 Å². The van der Waals surface area contributed by atoms with E-state index in [1.54, 1.807) is 24.1 Å². The molecule has 2 amide bonds. The van der Waals surface area contributed by atoms with Crippen molar-refractivity contribution in [2.75, 3.05) is 31.6 Å². The van der Waals surface area contributed by atoms with Crippen LogP contribution in [0, 0.1) is 5.92 Å². The molecule has 1 aromatic carbocycles. The summed E-state index contributed by atoms with van der Waals surface area (Å²) in [5.74, 6) is 0.339. The van der Waals surface area contributed by atoms with Crippen LogP contribution in [0.1, 0.15) is 12.8 Å². The number of benzene rings is 1. The zero-order chi connectivity index (χ0) is 15.2. The van der Waals surface area contributed by atoms with Crippen LogP contribution in [0.3, 0.4) is 0 Å². The van der Waals surface area contributed by atoms with Crippen LogP contribution in [0.2, 0.25) is 0 Å². The first-order valence-corrected chi connectivity index (χ1v) is 7.08. The normalized spacial score (nSPS) is 17.1. The maximum absolute atomic E-state index is 12.1. The van der Waals surface area contributed by atoms with Crippen molar-refractivity contribution < 1.29 is 14.3 Å². The zero-order valence-electron chi connectivity index (χ0n) is 12.6. The Balaban J connectivity index is 0.00000242. The molecule has 122 valence electrons. The van der Waals surface area contributed by atoms with Crippen LogP contribution in [0.25, 0.3) is 0 Å². The van der Waals surface area contributed by atoms with E-state index in [0.29, 0.717) is 19.6 Å². The van der Waals surface area contributed by atoms with Crippen LogP contribution in [0.15, 0.2) is 24.3 Å². The van der Waals surface area contributed by atoms with Gasteiger partial charge in [-0.05, 0) is 37.2 Å². The number of carbonyl (C=O) groups excluding carboxylic acids is 2.